The Bertz CT molecular complexity index is 4200. The number of hydrogen-bond acceptors (Lipinski definition) is 13. The summed E-state index contributed by atoms with van der Waals surface area (Å²) in [6, 6.07) is 42.0. The largest absolute Gasteiger partial charge is 0.461 e. The van der Waals surface area contributed by atoms with E-state index in [-0.39, 0.29) is 113 Å². The van der Waals surface area contributed by atoms with Gasteiger partial charge in [0.15, 0.2) is 17.3 Å². The third-order valence-corrected chi connectivity index (χ3v) is 18.8. The predicted octanol–water partition coefficient (Wildman–Crippen LogP) is 26.5. The van der Waals surface area contributed by atoms with E-state index in [2.05, 4.69) is 271 Å². The first kappa shape index (κ1) is 116. The third kappa shape index (κ3) is 61.6. The Morgan fingerprint density at radius 2 is 0.770 bits per heavy atom. The monoisotopic (exact) mass is 1740 g/mol. The smallest absolute Gasteiger partial charge is 0.306 e. The summed E-state index contributed by atoms with van der Waals surface area (Å²) < 4.78 is 11.1. The lowest BCUT2D eigenvalue weighted by Crippen LogP contribution is -2.41. The van der Waals surface area contributed by atoms with E-state index < -0.39 is 0 Å². The summed E-state index contributed by atoms with van der Waals surface area (Å²) in [5.41, 5.74) is 12.6. The highest BCUT2D eigenvalue weighted by atomic mass is 16.5. The molecule has 0 radical (unpaired) electrons. The summed E-state index contributed by atoms with van der Waals surface area (Å²) in [5.74, 6) is 1.46. The van der Waals surface area contributed by atoms with Gasteiger partial charge >= 0.3 is 5.97 Å². The number of nitrogens with zero attached hydrogens (tertiary/aromatic N) is 4. The lowest BCUT2D eigenvalue weighted by atomic mass is 9.87. The molecule has 2 amide bonds. The van der Waals surface area contributed by atoms with Crippen LogP contribution < -0.4 is 10.6 Å². The molecule has 126 heavy (non-hydrogen) atoms. The number of benzene rings is 5. The minimum absolute atomic E-state index is 0.0227. The van der Waals surface area contributed by atoms with Crippen molar-refractivity contribution in [1.82, 2.24) is 30.4 Å². The topological polar surface area (TPSA) is 194 Å². The van der Waals surface area contributed by atoms with Gasteiger partial charge in [0.25, 0.3) is 5.91 Å². The van der Waals surface area contributed by atoms with Gasteiger partial charge in [-0.25, -0.2) is 9.97 Å². The van der Waals surface area contributed by atoms with Crippen molar-refractivity contribution in [2.24, 2.45) is 48.7 Å². The van der Waals surface area contributed by atoms with Gasteiger partial charge in [-0.05, 0) is 233 Å². The molecular formula is C111H178N6O9. The van der Waals surface area contributed by atoms with Gasteiger partial charge in [0, 0.05) is 116 Å². The van der Waals surface area contributed by atoms with Crippen LogP contribution in [0.4, 0.5) is 0 Å². The van der Waals surface area contributed by atoms with Crippen molar-refractivity contribution in [2.75, 3.05) is 40.3 Å². The van der Waals surface area contributed by atoms with E-state index in [1.54, 1.807) is 11.1 Å². The molecule has 1 aromatic heterocycles. The average molecular weight is 1740 g/mol. The molecule has 0 saturated carbocycles. The van der Waals surface area contributed by atoms with Crippen LogP contribution in [0.2, 0.25) is 0 Å². The zero-order chi connectivity index (χ0) is 97.1. The molecule has 15 heteroatoms. The number of esters is 1. The molecule has 706 valence electrons. The number of carbonyl (C=O) groups is 7. The lowest BCUT2D eigenvalue weighted by molar-refractivity contribution is -0.147. The van der Waals surface area contributed by atoms with Crippen LogP contribution >= 0.6 is 0 Å². The summed E-state index contributed by atoms with van der Waals surface area (Å²) >= 11 is 0. The van der Waals surface area contributed by atoms with E-state index in [9.17, 15) is 33.6 Å². The lowest BCUT2D eigenvalue weighted by Gasteiger charge is -2.31. The molecule has 0 aliphatic rings. The van der Waals surface area contributed by atoms with Crippen molar-refractivity contribution in [3.8, 4) is 0 Å². The first-order chi connectivity index (χ1) is 57.1. The van der Waals surface area contributed by atoms with E-state index in [0.717, 1.165) is 96.5 Å². The van der Waals surface area contributed by atoms with E-state index in [1.807, 2.05) is 146 Å². The van der Waals surface area contributed by atoms with Gasteiger partial charge in [0.05, 0.1) is 19.6 Å². The molecule has 0 aliphatic heterocycles. The van der Waals surface area contributed by atoms with Crippen LogP contribution in [0.1, 0.15) is 387 Å². The van der Waals surface area contributed by atoms with Gasteiger partial charge in [-0.3, -0.25) is 33.6 Å². The van der Waals surface area contributed by atoms with E-state index in [0.29, 0.717) is 76.2 Å². The van der Waals surface area contributed by atoms with Gasteiger partial charge in [-0.1, -0.05) is 278 Å². The minimum Gasteiger partial charge on any atom is -0.461 e. The van der Waals surface area contributed by atoms with Crippen molar-refractivity contribution in [2.45, 2.75) is 369 Å². The van der Waals surface area contributed by atoms with E-state index in [4.69, 9.17) is 9.47 Å². The molecular weight excluding hydrogens is 1560 g/mol. The molecule has 0 fully saturated rings. The van der Waals surface area contributed by atoms with Crippen molar-refractivity contribution < 1.29 is 43.0 Å². The average Bonchev–Trinajstić information content (AvgIpc) is 0.871. The fourth-order valence-electron chi connectivity index (χ4n) is 13.2. The Labute approximate surface area is 768 Å². The Balaban J connectivity index is 0.000000756. The Hall–Kier alpha value is -7.85. The van der Waals surface area contributed by atoms with Gasteiger partial charge < -0.3 is 29.9 Å². The molecule has 0 bridgehead atoms. The highest BCUT2D eigenvalue weighted by Crippen LogP contribution is 2.29. The van der Waals surface area contributed by atoms with Crippen LogP contribution in [0.25, 0.3) is 0 Å². The zero-order valence-corrected chi connectivity index (χ0v) is 86.8. The molecule has 15 nitrogen and oxygen atoms in total. The molecule has 0 saturated heterocycles. The number of carbonyl (C=O) groups excluding carboxylic acids is 7. The number of Topliss-reactive ketones (excluding diaryl/α,β-unsaturated/α-hetero) is 4. The number of amides is 2. The van der Waals surface area contributed by atoms with Crippen LogP contribution in [0.5, 0.6) is 0 Å². The summed E-state index contributed by atoms with van der Waals surface area (Å²) in [4.78, 5) is 97.7. The maximum atomic E-state index is 12.5. The molecule has 5 aromatic carbocycles. The zero-order valence-electron chi connectivity index (χ0n) is 86.8. The van der Waals surface area contributed by atoms with Gasteiger partial charge in [-0.2, -0.15) is 0 Å². The van der Waals surface area contributed by atoms with Gasteiger partial charge in [0.2, 0.25) is 5.91 Å². The maximum Gasteiger partial charge on any atom is 0.306 e. The molecule has 2 N–H and O–H groups in total. The van der Waals surface area contributed by atoms with E-state index in [1.165, 1.54) is 16.7 Å². The van der Waals surface area contributed by atoms with Crippen LogP contribution in [0.15, 0.2) is 134 Å². The number of rotatable bonds is 30. The number of aromatic nitrogens is 2. The molecule has 6 aromatic rings. The number of ether oxygens (including phenoxy) is 2. The van der Waals surface area contributed by atoms with Crippen LogP contribution in [0, 0.1) is 48.7 Å². The number of nitrogens with one attached hydrogen (secondary N) is 2. The second-order valence-corrected chi connectivity index (χ2v) is 48.9. The van der Waals surface area contributed by atoms with Crippen molar-refractivity contribution in [1.29, 1.82) is 0 Å². The van der Waals surface area contributed by atoms with Crippen LogP contribution in [-0.4, -0.2) is 118 Å². The summed E-state index contributed by atoms with van der Waals surface area (Å²) in [7, 11) is 3.98. The molecule has 0 atom stereocenters. The fraction of sp³-hybridized carbons (Fsp3) is 0.631. The van der Waals surface area contributed by atoms with E-state index >= 15 is 0 Å². The Morgan fingerprint density at radius 1 is 0.373 bits per heavy atom. The Kier molecular flexibility index (Phi) is 47.5. The van der Waals surface area contributed by atoms with Gasteiger partial charge in [-0.15, -0.1) is 0 Å². The van der Waals surface area contributed by atoms with Crippen LogP contribution in [0.3, 0.4) is 0 Å². The highest BCUT2D eigenvalue weighted by Gasteiger charge is 2.25. The second kappa shape index (κ2) is 51.5. The van der Waals surface area contributed by atoms with Crippen molar-refractivity contribution in [3.05, 3.63) is 201 Å². The fourth-order valence-corrected chi connectivity index (χ4v) is 13.2. The van der Waals surface area contributed by atoms with Crippen LogP contribution in [-0.2, 0) is 75.6 Å². The first-order valence-electron chi connectivity index (χ1n) is 46.2. The van der Waals surface area contributed by atoms with Crippen molar-refractivity contribution >= 4 is 40.9 Å². The first-order valence-corrected chi connectivity index (χ1v) is 46.2. The number of aryl methyl sites for hydroxylation is 1. The summed E-state index contributed by atoms with van der Waals surface area (Å²) in [6.07, 6.45) is 11.5. The molecule has 0 spiro atoms. The number of likely N-dealkylation sites (N-methyl/N-ethyl adjacent to an activating group) is 1. The molecule has 0 aliphatic carbocycles. The normalized spacial score (nSPS) is 12.4. The standard InChI is InChI=1S/C20H33NO.C19H32N2O.C19H29NO2.2C18H28O2.C17H28N2O/c1-19(2,3)15-16-10-8-11-17(14-16)18(22)12-9-13-21(7)20(4,5)6;1-18(2,3)14-15-9-8-10-16(13-15)17(22)21(7)12-11-20-19(4,5)6;1-18(2,3)13-14-8-7-9-15(12-14)16(21)10-11-17(22)20-19(4,5)6;1-17(2,3)11-16(19)15-9-7-8-14(10-15)12-20-13-18(4,5)6;1-17(2,3)11-14-8-7-9-15(10-14)13-20-16(19)12-18(4,5)6;1-16(2,3)11-13-9-10-18-15(19-13)8-7-14(20)12-17(4,5)6/h8,10-11,14H,9,12-13,15H2,1-7H3;8-10,13,20H,11-12,14H2,1-7H3;7-9,12H,10-11,13H2,1-6H3,(H,20,22);2*7-10H,11-13H2,1-6H3;9-10H,7-8,11-12H2,1-6H3. The van der Waals surface area contributed by atoms with Gasteiger partial charge in [0.1, 0.15) is 18.2 Å². The SMILES string of the molecule is CC(C)(C)CC(=O)CCc1nccc(CC(C)(C)C)n1.CC(C)(C)CC(=O)OCc1cccc(CC(C)(C)C)c1.CC(C)(C)COCc1cccc(C(=O)CC(C)(C)C)c1.CC(C)(C)Cc1cccc(C(=O)CCC(=O)NC(C)(C)C)c1.CN(CCCC(=O)c1cccc(CC(C)(C)C)c1)C(C)(C)C.CN(CCNC(C)(C)C)C(=O)c1cccc(CC(C)(C)C)c1. The molecule has 1 heterocycles. The number of ketones is 4. The highest BCUT2D eigenvalue weighted by molar-refractivity contribution is 5.99. The van der Waals surface area contributed by atoms with Crippen molar-refractivity contribution in [3.63, 3.8) is 0 Å². The second-order valence-electron chi connectivity index (χ2n) is 48.9. The summed E-state index contributed by atoms with van der Waals surface area (Å²) in [5, 5.41) is 6.28. The molecule has 0 unspecified atom stereocenters. The quantitative estimate of drug-likeness (QED) is 0.0320. The summed E-state index contributed by atoms with van der Waals surface area (Å²) in [6.45, 7) is 81.1. The third-order valence-electron chi connectivity index (χ3n) is 18.8. The predicted molar refractivity (Wildman–Crippen MR) is 531 cm³/mol. The minimum atomic E-state index is -0.257. The number of hydrogen-bond donors (Lipinski definition) is 2. The maximum absolute atomic E-state index is 12.5. The molecule has 6 rings (SSSR count). The Morgan fingerprint density at radius 3 is 1.19 bits per heavy atom.